The Hall–Kier alpha value is -2.32. The number of benzene rings is 1. The monoisotopic (exact) mass is 415 g/mol. The smallest absolute Gasteiger partial charge is 0.326 e. The summed E-state index contributed by atoms with van der Waals surface area (Å²) < 4.78 is 0. The number of likely N-dealkylation sites (tertiary alicyclic amines) is 1. The Balaban J connectivity index is 2.11. The first-order chi connectivity index (χ1) is 12.6. The van der Waals surface area contributed by atoms with Gasteiger partial charge in [0.05, 0.1) is 15.7 Å². The fraction of sp³-hybridized carbons (Fsp3) is 0.412. The molecular weight excluding hydrogens is 397 g/mol. The molecule has 1 aliphatic rings. The first-order valence-electron chi connectivity index (χ1n) is 8.22. The lowest BCUT2D eigenvalue weighted by atomic mass is 10.1. The molecule has 0 radical (unpaired) electrons. The molecule has 146 valence electrons. The summed E-state index contributed by atoms with van der Waals surface area (Å²) in [4.78, 5) is 48.6. The molecule has 0 spiro atoms. The van der Waals surface area contributed by atoms with Gasteiger partial charge in [0.2, 0.25) is 11.8 Å². The number of nitrogens with one attached hydrogen (secondary N) is 2. The molecule has 1 aromatic carbocycles. The summed E-state index contributed by atoms with van der Waals surface area (Å²) in [5.74, 6) is -2.50. The zero-order chi connectivity index (χ0) is 20.3. The van der Waals surface area contributed by atoms with Gasteiger partial charge in [0.1, 0.15) is 12.1 Å². The van der Waals surface area contributed by atoms with Gasteiger partial charge in [0.25, 0.3) is 5.91 Å². The van der Waals surface area contributed by atoms with E-state index in [1.54, 1.807) is 0 Å². The van der Waals surface area contributed by atoms with Crippen LogP contribution in [-0.2, 0) is 14.4 Å². The number of hydrogen-bond acceptors (Lipinski definition) is 4. The second-order valence-electron chi connectivity index (χ2n) is 6.22. The molecule has 27 heavy (non-hydrogen) atoms. The van der Waals surface area contributed by atoms with E-state index in [9.17, 15) is 24.3 Å². The molecule has 0 aromatic heterocycles. The minimum atomic E-state index is -1.06. The standard InChI is InChI=1S/C17H19Cl2N3O5/c1-8(16(25)22-5-3-4-13(22)17(26)27)20-15(24)10-6-11(18)14(12(19)7-10)21-9(2)23/h6-8,13H,3-5H2,1-2H3,(H,20,24)(H,21,23)(H,26,27). The zero-order valence-electron chi connectivity index (χ0n) is 14.7. The number of hydrogen-bond donors (Lipinski definition) is 3. The quantitative estimate of drug-likeness (QED) is 0.680. The van der Waals surface area contributed by atoms with Gasteiger partial charge in [-0.2, -0.15) is 0 Å². The fourth-order valence-electron chi connectivity index (χ4n) is 2.88. The van der Waals surface area contributed by atoms with E-state index in [4.69, 9.17) is 23.2 Å². The van der Waals surface area contributed by atoms with Gasteiger partial charge in [0, 0.05) is 19.0 Å². The number of carbonyl (C=O) groups is 4. The van der Waals surface area contributed by atoms with Crippen LogP contribution in [0.1, 0.15) is 37.0 Å². The molecule has 1 heterocycles. The molecule has 1 aliphatic heterocycles. The van der Waals surface area contributed by atoms with Crippen LogP contribution < -0.4 is 10.6 Å². The largest absolute Gasteiger partial charge is 0.480 e. The maximum atomic E-state index is 12.5. The molecule has 8 nitrogen and oxygen atoms in total. The first-order valence-corrected chi connectivity index (χ1v) is 8.98. The van der Waals surface area contributed by atoms with E-state index < -0.39 is 29.9 Å². The summed E-state index contributed by atoms with van der Waals surface area (Å²) in [6, 6.07) is 0.838. The van der Waals surface area contributed by atoms with Crippen molar-refractivity contribution in [3.63, 3.8) is 0 Å². The molecule has 2 rings (SSSR count). The van der Waals surface area contributed by atoms with Gasteiger partial charge in [0.15, 0.2) is 0 Å². The van der Waals surface area contributed by atoms with Crippen LogP contribution in [0.15, 0.2) is 12.1 Å². The molecule has 2 atom stereocenters. The van der Waals surface area contributed by atoms with Crippen LogP contribution in [0.25, 0.3) is 0 Å². The number of halogens is 2. The van der Waals surface area contributed by atoms with Crippen LogP contribution in [0.5, 0.6) is 0 Å². The Morgan fingerprint density at radius 3 is 2.33 bits per heavy atom. The molecule has 3 N–H and O–H groups in total. The molecule has 1 aromatic rings. The second kappa shape index (κ2) is 8.58. The third kappa shape index (κ3) is 4.90. The lowest BCUT2D eigenvalue weighted by molar-refractivity contribution is -0.148. The highest BCUT2D eigenvalue weighted by molar-refractivity contribution is 6.40. The Morgan fingerprint density at radius 1 is 1.22 bits per heavy atom. The number of anilines is 1. The first kappa shape index (κ1) is 21.0. The van der Waals surface area contributed by atoms with Crippen molar-refractivity contribution in [3.8, 4) is 0 Å². The number of carboxylic acid groups (broad SMARTS) is 1. The minimum absolute atomic E-state index is 0.0762. The van der Waals surface area contributed by atoms with Crippen molar-refractivity contribution in [1.82, 2.24) is 10.2 Å². The van der Waals surface area contributed by atoms with Crippen LogP contribution in [0.3, 0.4) is 0 Å². The highest BCUT2D eigenvalue weighted by atomic mass is 35.5. The Kier molecular flexibility index (Phi) is 6.67. The lowest BCUT2D eigenvalue weighted by Crippen LogP contribution is -2.50. The number of carbonyl (C=O) groups excluding carboxylic acids is 3. The van der Waals surface area contributed by atoms with Gasteiger partial charge in [-0.3, -0.25) is 14.4 Å². The van der Waals surface area contributed by atoms with E-state index in [0.29, 0.717) is 19.4 Å². The van der Waals surface area contributed by atoms with Crippen LogP contribution in [0.2, 0.25) is 10.0 Å². The number of carboxylic acids is 1. The van der Waals surface area contributed by atoms with Gasteiger partial charge in [-0.1, -0.05) is 23.2 Å². The van der Waals surface area contributed by atoms with Gasteiger partial charge < -0.3 is 20.6 Å². The number of rotatable bonds is 5. The summed E-state index contributed by atoms with van der Waals surface area (Å²) in [7, 11) is 0. The van der Waals surface area contributed by atoms with Gasteiger partial charge >= 0.3 is 5.97 Å². The number of aliphatic carboxylic acids is 1. The van der Waals surface area contributed by atoms with Crippen molar-refractivity contribution in [2.24, 2.45) is 0 Å². The Labute approximate surface area is 165 Å². The van der Waals surface area contributed by atoms with E-state index in [2.05, 4.69) is 10.6 Å². The molecular formula is C17H19Cl2N3O5. The SMILES string of the molecule is CC(=O)Nc1c(Cl)cc(C(=O)NC(C)C(=O)N2CCCC2C(=O)O)cc1Cl. The van der Waals surface area contributed by atoms with Crippen LogP contribution in [0.4, 0.5) is 5.69 Å². The molecule has 0 bridgehead atoms. The predicted molar refractivity (Wildman–Crippen MR) is 100 cm³/mol. The summed E-state index contributed by atoms with van der Waals surface area (Å²) in [5, 5.41) is 14.3. The van der Waals surface area contributed by atoms with Crippen LogP contribution >= 0.6 is 23.2 Å². The van der Waals surface area contributed by atoms with Crippen LogP contribution in [-0.4, -0.2) is 52.3 Å². The summed E-state index contributed by atoms with van der Waals surface area (Å²) in [5.41, 5.74) is 0.294. The topological polar surface area (TPSA) is 116 Å². The number of amides is 3. The van der Waals surface area contributed by atoms with Gasteiger partial charge in [-0.15, -0.1) is 0 Å². The molecule has 0 aliphatic carbocycles. The second-order valence-corrected chi connectivity index (χ2v) is 7.03. The predicted octanol–water partition coefficient (Wildman–Crippen LogP) is 2.15. The molecule has 10 heteroatoms. The molecule has 2 unspecified atom stereocenters. The van der Waals surface area contributed by atoms with Crippen molar-refractivity contribution < 1.29 is 24.3 Å². The highest BCUT2D eigenvalue weighted by Gasteiger charge is 2.36. The zero-order valence-corrected chi connectivity index (χ0v) is 16.2. The van der Waals surface area contributed by atoms with Crippen molar-refractivity contribution in [1.29, 1.82) is 0 Å². The van der Waals surface area contributed by atoms with Crippen LogP contribution in [0, 0.1) is 0 Å². The van der Waals surface area contributed by atoms with Crippen molar-refractivity contribution in [2.45, 2.75) is 38.8 Å². The van der Waals surface area contributed by atoms with E-state index in [1.165, 1.54) is 30.9 Å². The van der Waals surface area contributed by atoms with Gasteiger partial charge in [-0.25, -0.2) is 4.79 Å². The van der Waals surface area contributed by atoms with E-state index in [1.807, 2.05) is 0 Å². The van der Waals surface area contributed by atoms with E-state index in [-0.39, 0.29) is 27.2 Å². The normalized spacial score (nSPS) is 17.3. The third-order valence-corrected chi connectivity index (χ3v) is 4.74. The van der Waals surface area contributed by atoms with Crippen molar-refractivity contribution in [2.75, 3.05) is 11.9 Å². The number of nitrogens with zero attached hydrogens (tertiary/aromatic N) is 1. The Bertz CT molecular complexity index is 776. The highest BCUT2D eigenvalue weighted by Crippen LogP contribution is 2.32. The summed E-state index contributed by atoms with van der Waals surface area (Å²) >= 11 is 12.1. The van der Waals surface area contributed by atoms with Crippen molar-refractivity contribution in [3.05, 3.63) is 27.7 Å². The van der Waals surface area contributed by atoms with Gasteiger partial charge in [-0.05, 0) is 31.9 Å². The summed E-state index contributed by atoms with van der Waals surface area (Å²) in [6.07, 6.45) is 0.983. The van der Waals surface area contributed by atoms with E-state index in [0.717, 1.165) is 0 Å². The molecule has 1 fully saturated rings. The third-order valence-electron chi connectivity index (χ3n) is 4.14. The molecule has 3 amide bonds. The maximum Gasteiger partial charge on any atom is 0.326 e. The lowest BCUT2D eigenvalue weighted by Gasteiger charge is -2.25. The maximum absolute atomic E-state index is 12.5. The average Bonchev–Trinajstić information content (AvgIpc) is 3.06. The Morgan fingerprint density at radius 2 is 1.81 bits per heavy atom. The fourth-order valence-corrected chi connectivity index (χ4v) is 3.46. The molecule has 1 saturated heterocycles. The summed E-state index contributed by atoms with van der Waals surface area (Å²) in [6.45, 7) is 3.11. The minimum Gasteiger partial charge on any atom is -0.480 e. The van der Waals surface area contributed by atoms with E-state index >= 15 is 0 Å². The van der Waals surface area contributed by atoms with Crippen molar-refractivity contribution >= 4 is 52.6 Å². The average molecular weight is 416 g/mol. The molecule has 0 saturated carbocycles.